The van der Waals surface area contributed by atoms with Crippen molar-refractivity contribution < 1.29 is 0 Å². The second-order valence-corrected chi connectivity index (χ2v) is 7.60. The van der Waals surface area contributed by atoms with Crippen LogP contribution in [0.5, 0.6) is 0 Å². The zero-order chi connectivity index (χ0) is 16.8. The molecule has 1 aliphatic heterocycles. The van der Waals surface area contributed by atoms with Crippen LogP contribution < -0.4 is 4.31 Å². The van der Waals surface area contributed by atoms with Crippen LogP contribution in [0.15, 0.2) is 36.0 Å². The fourth-order valence-electron chi connectivity index (χ4n) is 3.87. The molecule has 2 atom stereocenters. The van der Waals surface area contributed by atoms with Gasteiger partial charge in [0.1, 0.15) is 5.82 Å². The van der Waals surface area contributed by atoms with Crippen molar-refractivity contribution in [3.8, 4) is 0 Å². The highest BCUT2D eigenvalue weighted by Gasteiger charge is 2.31. The van der Waals surface area contributed by atoms with E-state index in [4.69, 9.17) is 4.98 Å². The molecule has 4 rings (SSSR count). The van der Waals surface area contributed by atoms with Crippen molar-refractivity contribution in [1.29, 1.82) is 0 Å². The highest BCUT2D eigenvalue weighted by atomic mass is 32.1. The van der Waals surface area contributed by atoms with Gasteiger partial charge < -0.3 is 4.31 Å². The molecule has 0 fully saturated rings. The summed E-state index contributed by atoms with van der Waals surface area (Å²) in [6.45, 7) is 5.30. The molecule has 0 amide bonds. The molecular weight excluding hydrogens is 316 g/mol. The Bertz CT molecular complexity index is 860. The number of hydrogen-bond acceptors (Lipinski definition) is 4. The number of allylic oxidation sites excluding steroid dienone is 1. The predicted octanol–water partition coefficient (Wildman–Crippen LogP) is 3.97. The van der Waals surface area contributed by atoms with E-state index in [0.717, 1.165) is 25.2 Å². The largest absolute Gasteiger partial charge is 0.302 e. The molecule has 0 bridgehead atoms. The minimum Gasteiger partial charge on any atom is -0.302 e. The highest BCUT2D eigenvalue weighted by Crippen LogP contribution is 2.41. The summed E-state index contributed by atoms with van der Waals surface area (Å²) in [5, 5.41) is 4.32. The predicted molar refractivity (Wildman–Crippen MR) is 100 cm³/mol. The van der Waals surface area contributed by atoms with Gasteiger partial charge >= 0.3 is 0 Å². The lowest BCUT2D eigenvalue weighted by Gasteiger charge is -2.18. The van der Waals surface area contributed by atoms with Gasteiger partial charge in [-0.2, -0.15) is 5.10 Å². The van der Waals surface area contributed by atoms with E-state index in [-0.39, 0.29) is 5.92 Å². The molecule has 1 aliphatic carbocycles. The van der Waals surface area contributed by atoms with Gasteiger partial charge in [0.15, 0.2) is 0 Å². The van der Waals surface area contributed by atoms with Crippen LogP contribution in [0.1, 0.15) is 49.3 Å². The Labute approximate surface area is 148 Å². The van der Waals surface area contributed by atoms with Crippen LogP contribution in [0.2, 0.25) is 0 Å². The van der Waals surface area contributed by atoms with Crippen LogP contribution in [-0.4, -0.2) is 21.3 Å². The molecule has 0 radical (unpaired) electrons. The molecule has 2 aliphatic rings. The van der Waals surface area contributed by atoms with Gasteiger partial charge in [-0.1, -0.05) is 19.7 Å². The van der Waals surface area contributed by atoms with Crippen LogP contribution in [0.4, 0.5) is 5.82 Å². The fourth-order valence-corrected chi connectivity index (χ4v) is 4.20. The summed E-state index contributed by atoms with van der Waals surface area (Å²) in [5.41, 5.74) is 9.83. The molecule has 4 nitrogen and oxygen atoms in total. The molecule has 0 saturated carbocycles. The normalized spacial score (nSPS) is 23.1. The van der Waals surface area contributed by atoms with E-state index < -0.39 is 0 Å². The van der Waals surface area contributed by atoms with Crippen LogP contribution >= 0.6 is 12.8 Å². The topological polar surface area (TPSA) is 34.0 Å². The summed E-state index contributed by atoms with van der Waals surface area (Å²) in [5.74, 6) is 1.90. The Balaban J connectivity index is 1.78. The Morgan fingerprint density at radius 1 is 1.29 bits per heavy atom. The van der Waals surface area contributed by atoms with Gasteiger partial charge in [-0.25, -0.2) is 4.98 Å². The Morgan fingerprint density at radius 3 is 2.83 bits per heavy atom. The smallest absolute Gasteiger partial charge is 0.142 e. The van der Waals surface area contributed by atoms with Crippen LogP contribution in [0.3, 0.4) is 0 Å². The average molecular weight is 338 g/mol. The van der Waals surface area contributed by atoms with E-state index in [1.807, 2.05) is 28.4 Å². The maximum absolute atomic E-state index is 4.70. The molecule has 24 heavy (non-hydrogen) atoms. The number of aryl methyl sites for hydroxylation is 1. The van der Waals surface area contributed by atoms with Crippen LogP contribution in [0.25, 0.3) is 5.57 Å². The fraction of sp³-hybridized carbons (Fsp3) is 0.421. The zero-order valence-electron chi connectivity index (χ0n) is 14.3. The lowest BCUT2D eigenvalue weighted by Crippen LogP contribution is -2.10. The lowest BCUT2D eigenvalue weighted by atomic mass is 9.86. The Hall–Kier alpha value is -1.97. The molecule has 0 saturated heterocycles. The lowest BCUT2D eigenvalue weighted by molar-refractivity contribution is 0.585. The van der Waals surface area contributed by atoms with Gasteiger partial charge in [-0.15, -0.1) is 5.73 Å². The second-order valence-electron chi connectivity index (χ2n) is 7.12. The van der Waals surface area contributed by atoms with E-state index in [1.54, 1.807) is 0 Å². The molecule has 2 unspecified atom stereocenters. The number of thiol groups is 1. The van der Waals surface area contributed by atoms with Crippen molar-refractivity contribution in [2.45, 2.75) is 32.6 Å². The molecule has 0 aromatic carbocycles. The van der Waals surface area contributed by atoms with Crippen molar-refractivity contribution in [2.24, 2.45) is 13.0 Å². The van der Waals surface area contributed by atoms with Gasteiger partial charge in [0.25, 0.3) is 0 Å². The number of anilines is 1. The van der Waals surface area contributed by atoms with Crippen molar-refractivity contribution >= 4 is 24.2 Å². The van der Waals surface area contributed by atoms with Crippen LogP contribution in [0, 0.1) is 5.92 Å². The monoisotopic (exact) mass is 338 g/mol. The number of hydrogen-bond donors (Lipinski definition) is 1. The third-order valence-corrected chi connectivity index (χ3v) is 5.27. The van der Waals surface area contributed by atoms with Crippen molar-refractivity contribution in [2.75, 3.05) is 10.8 Å². The highest BCUT2D eigenvalue weighted by molar-refractivity contribution is 7.81. The van der Waals surface area contributed by atoms with Crippen LogP contribution in [-0.2, 0) is 7.05 Å². The first kappa shape index (κ1) is 15.6. The zero-order valence-corrected chi connectivity index (χ0v) is 15.2. The van der Waals surface area contributed by atoms with Crippen molar-refractivity contribution in [3.05, 3.63) is 52.7 Å². The number of aromatic nitrogens is 3. The first-order valence-electron chi connectivity index (χ1n) is 8.42. The second kappa shape index (κ2) is 5.83. The van der Waals surface area contributed by atoms with E-state index in [0.29, 0.717) is 5.92 Å². The van der Waals surface area contributed by atoms with Gasteiger partial charge in [-0.3, -0.25) is 4.68 Å². The van der Waals surface area contributed by atoms with E-state index in [2.05, 4.69) is 49.8 Å². The SMILES string of the molecule is CC1=C=C(c2cnc3c(c2)C(c2cnn(C)c2)CN3S)CC(C)C1. The molecule has 0 N–H and O–H groups in total. The van der Waals surface area contributed by atoms with E-state index in [1.165, 1.54) is 27.8 Å². The summed E-state index contributed by atoms with van der Waals surface area (Å²) in [6.07, 6.45) is 8.21. The summed E-state index contributed by atoms with van der Waals surface area (Å²) in [6, 6.07) is 2.28. The molecular formula is C19H22N4S. The Morgan fingerprint density at radius 2 is 2.12 bits per heavy atom. The summed E-state index contributed by atoms with van der Waals surface area (Å²) in [4.78, 5) is 4.70. The maximum Gasteiger partial charge on any atom is 0.142 e. The first-order chi connectivity index (χ1) is 11.5. The van der Waals surface area contributed by atoms with E-state index in [9.17, 15) is 0 Å². The molecule has 5 heteroatoms. The standard InChI is InChI=1S/C19H22N4S/c1-12-4-13(2)6-14(5-12)15-7-17-18(16-9-21-22(3)10-16)11-23(24)19(17)20-8-15/h7-10,12,18,24H,4-5,11H2,1-3H3. The number of rotatable bonds is 2. The van der Waals surface area contributed by atoms with Gasteiger partial charge in [0.05, 0.1) is 6.20 Å². The molecule has 0 spiro atoms. The summed E-state index contributed by atoms with van der Waals surface area (Å²) < 4.78 is 3.79. The van der Waals surface area contributed by atoms with Crippen molar-refractivity contribution in [3.63, 3.8) is 0 Å². The first-order valence-corrected chi connectivity index (χ1v) is 8.82. The van der Waals surface area contributed by atoms with Gasteiger partial charge in [0, 0.05) is 48.6 Å². The van der Waals surface area contributed by atoms with Gasteiger partial charge in [0.2, 0.25) is 0 Å². The number of fused-ring (bicyclic) bond motifs is 1. The molecule has 2 aromatic rings. The van der Waals surface area contributed by atoms with E-state index >= 15 is 0 Å². The average Bonchev–Trinajstić information content (AvgIpc) is 3.10. The molecule has 124 valence electrons. The Kier molecular flexibility index (Phi) is 3.78. The van der Waals surface area contributed by atoms with Crippen molar-refractivity contribution in [1.82, 2.24) is 14.8 Å². The third kappa shape index (κ3) is 2.68. The quantitative estimate of drug-likeness (QED) is 0.664. The summed E-state index contributed by atoms with van der Waals surface area (Å²) >= 11 is 4.59. The minimum absolute atomic E-state index is 0.269. The minimum atomic E-state index is 0.269. The molecule has 3 heterocycles. The van der Waals surface area contributed by atoms with Gasteiger partial charge in [-0.05, 0) is 42.9 Å². The maximum atomic E-state index is 4.70. The third-order valence-electron chi connectivity index (χ3n) is 4.92. The summed E-state index contributed by atoms with van der Waals surface area (Å²) in [7, 11) is 1.95. The number of nitrogens with zero attached hydrogens (tertiary/aromatic N) is 4. The number of pyridine rings is 1. The molecule has 2 aromatic heterocycles.